The van der Waals surface area contributed by atoms with E-state index in [0.717, 1.165) is 25.4 Å². The van der Waals surface area contributed by atoms with E-state index in [1.807, 2.05) is 0 Å². The third-order valence-electron chi connectivity index (χ3n) is 3.16. The maximum Gasteiger partial charge on any atom is 0.0580 e. The van der Waals surface area contributed by atoms with E-state index in [2.05, 4.69) is 19.2 Å². The number of hydrogen-bond acceptors (Lipinski definition) is 2. The van der Waals surface area contributed by atoms with Gasteiger partial charge in [0.2, 0.25) is 0 Å². The summed E-state index contributed by atoms with van der Waals surface area (Å²) in [5.74, 6) is 1.34. The van der Waals surface area contributed by atoms with Crippen LogP contribution in [-0.4, -0.2) is 24.3 Å². The predicted molar refractivity (Wildman–Crippen MR) is 60.3 cm³/mol. The first kappa shape index (κ1) is 12.0. The molecule has 0 heterocycles. The second-order valence-electron chi connectivity index (χ2n) is 5.00. The summed E-state index contributed by atoms with van der Waals surface area (Å²) in [5, 5.41) is 13.0. The van der Waals surface area contributed by atoms with Gasteiger partial charge in [-0.2, -0.15) is 0 Å². The van der Waals surface area contributed by atoms with Crippen molar-refractivity contribution < 1.29 is 5.11 Å². The fourth-order valence-corrected chi connectivity index (χ4v) is 2.18. The third kappa shape index (κ3) is 4.43. The predicted octanol–water partition coefficient (Wildman–Crippen LogP) is 2.17. The lowest BCUT2D eigenvalue weighted by Crippen LogP contribution is -2.28. The van der Waals surface area contributed by atoms with Gasteiger partial charge < -0.3 is 10.4 Å². The molecule has 1 rings (SSSR count). The Kier molecular flexibility index (Phi) is 5.49. The monoisotopic (exact) mass is 199 g/mol. The molecule has 0 radical (unpaired) electrons. The molecule has 0 spiro atoms. The normalized spacial score (nSPS) is 27.4. The summed E-state index contributed by atoms with van der Waals surface area (Å²) in [7, 11) is 0. The van der Waals surface area contributed by atoms with Crippen LogP contribution in [0.3, 0.4) is 0 Å². The molecular weight excluding hydrogens is 174 g/mol. The summed E-state index contributed by atoms with van der Waals surface area (Å²) in [6.45, 7) is 6.65. The molecule has 0 bridgehead atoms. The SMILES string of the molecule is CC(C)CCCNCC1CCCC1O. The zero-order valence-corrected chi connectivity index (χ0v) is 9.63. The molecule has 2 heteroatoms. The zero-order chi connectivity index (χ0) is 10.4. The Morgan fingerprint density at radius 2 is 2.14 bits per heavy atom. The van der Waals surface area contributed by atoms with Crippen LogP contribution < -0.4 is 5.32 Å². The van der Waals surface area contributed by atoms with Gasteiger partial charge in [-0.1, -0.05) is 20.3 Å². The van der Waals surface area contributed by atoms with Gasteiger partial charge in [0.15, 0.2) is 0 Å². The molecule has 2 nitrogen and oxygen atoms in total. The second kappa shape index (κ2) is 6.41. The minimum atomic E-state index is -0.0346. The molecule has 1 aliphatic rings. The van der Waals surface area contributed by atoms with Crippen LogP contribution in [0.4, 0.5) is 0 Å². The van der Waals surface area contributed by atoms with Crippen LogP contribution in [0.2, 0.25) is 0 Å². The Morgan fingerprint density at radius 1 is 1.36 bits per heavy atom. The van der Waals surface area contributed by atoms with Gasteiger partial charge in [0.05, 0.1) is 6.10 Å². The van der Waals surface area contributed by atoms with Crippen LogP contribution in [0.1, 0.15) is 46.0 Å². The van der Waals surface area contributed by atoms with Crippen LogP contribution in [-0.2, 0) is 0 Å². The highest BCUT2D eigenvalue weighted by Gasteiger charge is 2.24. The molecule has 0 amide bonds. The van der Waals surface area contributed by atoms with Gasteiger partial charge in [0.1, 0.15) is 0 Å². The first-order valence-electron chi connectivity index (χ1n) is 6.09. The largest absolute Gasteiger partial charge is 0.393 e. The number of hydrogen-bond donors (Lipinski definition) is 2. The summed E-state index contributed by atoms with van der Waals surface area (Å²) in [6.07, 6.45) is 5.96. The zero-order valence-electron chi connectivity index (χ0n) is 9.63. The molecule has 0 aromatic carbocycles. The summed E-state index contributed by atoms with van der Waals surface area (Å²) in [6, 6.07) is 0. The quantitative estimate of drug-likeness (QED) is 0.643. The van der Waals surface area contributed by atoms with Crippen molar-refractivity contribution in [2.75, 3.05) is 13.1 Å². The van der Waals surface area contributed by atoms with Gasteiger partial charge >= 0.3 is 0 Å². The van der Waals surface area contributed by atoms with Gasteiger partial charge in [-0.3, -0.25) is 0 Å². The van der Waals surface area contributed by atoms with Crippen LogP contribution >= 0.6 is 0 Å². The number of nitrogens with one attached hydrogen (secondary N) is 1. The standard InChI is InChI=1S/C12H25NO/c1-10(2)5-4-8-13-9-11-6-3-7-12(11)14/h10-14H,3-9H2,1-2H3. The number of aliphatic hydroxyl groups is 1. The molecule has 2 N–H and O–H groups in total. The lowest BCUT2D eigenvalue weighted by molar-refractivity contribution is 0.131. The molecule has 1 aliphatic carbocycles. The average Bonchev–Trinajstić information content (AvgIpc) is 2.51. The fraction of sp³-hybridized carbons (Fsp3) is 1.00. The van der Waals surface area contributed by atoms with E-state index in [0.29, 0.717) is 5.92 Å². The van der Waals surface area contributed by atoms with Gasteiger partial charge in [0, 0.05) is 6.54 Å². The van der Waals surface area contributed by atoms with E-state index in [-0.39, 0.29) is 6.10 Å². The molecular formula is C12H25NO. The molecule has 1 fully saturated rings. The molecule has 1 saturated carbocycles. The summed E-state index contributed by atoms with van der Waals surface area (Å²) < 4.78 is 0. The fourth-order valence-electron chi connectivity index (χ4n) is 2.18. The topological polar surface area (TPSA) is 32.3 Å². The van der Waals surface area contributed by atoms with Crippen molar-refractivity contribution in [3.63, 3.8) is 0 Å². The number of aliphatic hydroxyl groups excluding tert-OH is 1. The van der Waals surface area contributed by atoms with Crippen LogP contribution in [0.5, 0.6) is 0 Å². The minimum Gasteiger partial charge on any atom is -0.393 e. The second-order valence-corrected chi connectivity index (χ2v) is 5.00. The van der Waals surface area contributed by atoms with Crippen molar-refractivity contribution >= 4 is 0 Å². The van der Waals surface area contributed by atoms with Crippen LogP contribution in [0, 0.1) is 11.8 Å². The summed E-state index contributed by atoms with van der Waals surface area (Å²) in [5.41, 5.74) is 0. The molecule has 84 valence electrons. The van der Waals surface area contributed by atoms with Crippen LogP contribution in [0.25, 0.3) is 0 Å². The minimum absolute atomic E-state index is 0.0346. The number of rotatable bonds is 6. The van der Waals surface area contributed by atoms with Crippen molar-refractivity contribution in [1.82, 2.24) is 5.32 Å². The molecule has 2 unspecified atom stereocenters. The highest BCUT2D eigenvalue weighted by atomic mass is 16.3. The molecule has 0 aliphatic heterocycles. The van der Waals surface area contributed by atoms with Gasteiger partial charge in [-0.15, -0.1) is 0 Å². The van der Waals surface area contributed by atoms with E-state index in [4.69, 9.17) is 0 Å². The molecule has 14 heavy (non-hydrogen) atoms. The lowest BCUT2D eigenvalue weighted by Gasteiger charge is -2.15. The smallest absolute Gasteiger partial charge is 0.0580 e. The molecule has 0 aromatic rings. The van der Waals surface area contributed by atoms with Crippen molar-refractivity contribution in [2.45, 2.75) is 52.1 Å². The average molecular weight is 199 g/mol. The Hall–Kier alpha value is -0.0800. The Morgan fingerprint density at radius 3 is 2.71 bits per heavy atom. The summed E-state index contributed by atoms with van der Waals surface area (Å²) >= 11 is 0. The van der Waals surface area contributed by atoms with E-state index in [9.17, 15) is 5.11 Å². The van der Waals surface area contributed by atoms with Gasteiger partial charge in [-0.25, -0.2) is 0 Å². The first-order chi connectivity index (χ1) is 6.70. The van der Waals surface area contributed by atoms with Gasteiger partial charge in [-0.05, 0) is 44.1 Å². The van der Waals surface area contributed by atoms with E-state index < -0.39 is 0 Å². The highest BCUT2D eigenvalue weighted by Crippen LogP contribution is 2.24. The Labute approximate surface area is 88.1 Å². The van der Waals surface area contributed by atoms with E-state index in [1.54, 1.807) is 0 Å². The summed E-state index contributed by atoms with van der Waals surface area (Å²) in [4.78, 5) is 0. The lowest BCUT2D eigenvalue weighted by atomic mass is 10.1. The van der Waals surface area contributed by atoms with E-state index in [1.165, 1.54) is 25.7 Å². The molecule has 2 atom stereocenters. The Balaban J connectivity index is 1.93. The molecule has 0 aromatic heterocycles. The van der Waals surface area contributed by atoms with Crippen LogP contribution in [0.15, 0.2) is 0 Å². The van der Waals surface area contributed by atoms with Gasteiger partial charge in [0.25, 0.3) is 0 Å². The highest BCUT2D eigenvalue weighted by molar-refractivity contribution is 4.77. The van der Waals surface area contributed by atoms with Crippen molar-refractivity contribution in [3.05, 3.63) is 0 Å². The Bertz CT molecular complexity index is 147. The first-order valence-corrected chi connectivity index (χ1v) is 6.09. The van der Waals surface area contributed by atoms with Crippen molar-refractivity contribution in [1.29, 1.82) is 0 Å². The van der Waals surface area contributed by atoms with Crippen molar-refractivity contribution in [3.8, 4) is 0 Å². The maximum atomic E-state index is 9.59. The third-order valence-corrected chi connectivity index (χ3v) is 3.16. The van der Waals surface area contributed by atoms with Crippen molar-refractivity contribution in [2.24, 2.45) is 11.8 Å². The maximum absolute atomic E-state index is 9.59. The van der Waals surface area contributed by atoms with E-state index >= 15 is 0 Å². The molecule has 0 saturated heterocycles.